The quantitative estimate of drug-likeness (QED) is 0.810. The van der Waals surface area contributed by atoms with E-state index < -0.39 is 5.41 Å². The van der Waals surface area contributed by atoms with Gasteiger partial charge >= 0.3 is 0 Å². The van der Waals surface area contributed by atoms with Gasteiger partial charge in [-0.05, 0) is 48.7 Å². The average Bonchev–Trinajstić information content (AvgIpc) is 3.49. The Kier molecular flexibility index (Phi) is 4.64. The lowest BCUT2D eigenvalue weighted by Gasteiger charge is -2.36. The van der Waals surface area contributed by atoms with E-state index in [9.17, 15) is 14.0 Å². The summed E-state index contributed by atoms with van der Waals surface area (Å²) in [4.78, 5) is 29.3. The molecule has 2 aliphatic rings. The molecule has 1 saturated heterocycles. The molecule has 4 rings (SSSR count). The van der Waals surface area contributed by atoms with Gasteiger partial charge in [0.15, 0.2) is 0 Å². The van der Waals surface area contributed by atoms with Crippen LogP contribution in [0.3, 0.4) is 0 Å². The summed E-state index contributed by atoms with van der Waals surface area (Å²) in [5.41, 5.74) is 0.936. The molecule has 2 amide bonds. The van der Waals surface area contributed by atoms with Gasteiger partial charge in [-0.3, -0.25) is 9.59 Å². The van der Waals surface area contributed by atoms with Gasteiger partial charge in [-0.2, -0.15) is 0 Å². The molecule has 140 valence electrons. The number of piperazine rings is 1. The minimum Gasteiger partial charge on any atom is -0.338 e. The fraction of sp³-hybridized carbons (Fsp3) is 0.333. The Morgan fingerprint density at radius 2 is 1.56 bits per heavy atom. The van der Waals surface area contributed by atoms with Gasteiger partial charge in [0.25, 0.3) is 5.91 Å². The number of carbonyl (C=O) groups is 2. The number of benzene rings is 2. The first-order chi connectivity index (χ1) is 13.0. The summed E-state index contributed by atoms with van der Waals surface area (Å²) in [5, 5.41) is 0.532. The molecule has 2 fully saturated rings. The monoisotopic (exact) mass is 386 g/mol. The second-order valence-electron chi connectivity index (χ2n) is 7.18. The maximum Gasteiger partial charge on any atom is 0.254 e. The molecule has 27 heavy (non-hydrogen) atoms. The average molecular weight is 387 g/mol. The fourth-order valence-electron chi connectivity index (χ4n) is 3.74. The second-order valence-corrected chi connectivity index (χ2v) is 7.62. The molecule has 4 nitrogen and oxygen atoms in total. The van der Waals surface area contributed by atoms with Crippen molar-refractivity contribution in [1.29, 1.82) is 0 Å². The van der Waals surface area contributed by atoms with E-state index >= 15 is 0 Å². The topological polar surface area (TPSA) is 40.6 Å². The zero-order chi connectivity index (χ0) is 19.0. The van der Waals surface area contributed by atoms with Crippen LogP contribution in [-0.4, -0.2) is 47.8 Å². The van der Waals surface area contributed by atoms with Crippen LogP contribution in [-0.2, 0) is 10.2 Å². The summed E-state index contributed by atoms with van der Waals surface area (Å²) in [7, 11) is 0. The summed E-state index contributed by atoms with van der Waals surface area (Å²) in [6.45, 7) is 2.01. The van der Waals surface area contributed by atoms with Crippen LogP contribution in [0.2, 0.25) is 5.02 Å². The van der Waals surface area contributed by atoms with Crippen molar-refractivity contribution in [3.8, 4) is 0 Å². The van der Waals surface area contributed by atoms with E-state index in [0.717, 1.165) is 18.4 Å². The first-order valence-corrected chi connectivity index (χ1v) is 9.48. The third-order valence-electron chi connectivity index (χ3n) is 5.48. The van der Waals surface area contributed by atoms with Crippen LogP contribution in [0, 0.1) is 5.82 Å². The van der Waals surface area contributed by atoms with Gasteiger partial charge in [0.2, 0.25) is 5.91 Å². The zero-order valence-corrected chi connectivity index (χ0v) is 15.6. The number of halogens is 2. The van der Waals surface area contributed by atoms with Crippen molar-refractivity contribution in [2.45, 2.75) is 18.3 Å². The van der Waals surface area contributed by atoms with Gasteiger partial charge in [-0.1, -0.05) is 29.8 Å². The van der Waals surface area contributed by atoms with Crippen LogP contribution < -0.4 is 0 Å². The number of hydrogen-bond acceptors (Lipinski definition) is 2. The highest BCUT2D eigenvalue weighted by atomic mass is 35.5. The molecular formula is C21H20ClFN2O2. The van der Waals surface area contributed by atoms with Gasteiger partial charge in [0.1, 0.15) is 5.82 Å². The Balaban J connectivity index is 1.41. The summed E-state index contributed by atoms with van der Waals surface area (Å²) in [6.07, 6.45) is 1.58. The van der Waals surface area contributed by atoms with Crippen molar-refractivity contribution in [3.05, 3.63) is 70.5 Å². The van der Waals surface area contributed by atoms with Gasteiger partial charge in [0.05, 0.1) is 5.41 Å². The lowest BCUT2D eigenvalue weighted by Crippen LogP contribution is -2.53. The fourth-order valence-corrected chi connectivity index (χ4v) is 3.93. The van der Waals surface area contributed by atoms with Gasteiger partial charge in [0, 0.05) is 36.8 Å². The molecule has 0 unspecified atom stereocenters. The Morgan fingerprint density at radius 3 is 2.15 bits per heavy atom. The predicted octanol–water partition coefficient (Wildman–Crippen LogP) is 3.50. The summed E-state index contributed by atoms with van der Waals surface area (Å²) < 4.78 is 13.2. The number of carbonyl (C=O) groups excluding carboxylic acids is 2. The van der Waals surface area contributed by atoms with Gasteiger partial charge in [-0.25, -0.2) is 4.39 Å². The molecule has 1 heterocycles. The van der Waals surface area contributed by atoms with Gasteiger partial charge < -0.3 is 9.80 Å². The van der Waals surface area contributed by atoms with E-state index in [-0.39, 0.29) is 17.6 Å². The standard InChI is InChI=1S/C21H20ClFN2O2/c22-17-3-1-2-15(14-17)19(26)24-10-12-25(13-11-24)20(27)21(8-9-21)16-4-6-18(23)7-5-16/h1-7,14H,8-13H2. The number of amides is 2. The number of hydrogen-bond donors (Lipinski definition) is 0. The maximum absolute atomic E-state index is 13.2. The van der Waals surface area contributed by atoms with Crippen LogP contribution >= 0.6 is 11.6 Å². The highest BCUT2D eigenvalue weighted by Crippen LogP contribution is 2.49. The highest BCUT2D eigenvalue weighted by molar-refractivity contribution is 6.30. The van der Waals surface area contributed by atoms with Crippen molar-refractivity contribution >= 4 is 23.4 Å². The molecular weight excluding hydrogens is 367 g/mol. The molecule has 2 aromatic carbocycles. The predicted molar refractivity (Wildman–Crippen MR) is 101 cm³/mol. The van der Waals surface area contributed by atoms with Crippen molar-refractivity contribution in [1.82, 2.24) is 9.80 Å². The molecule has 6 heteroatoms. The number of nitrogens with zero attached hydrogens (tertiary/aromatic N) is 2. The van der Waals surface area contributed by atoms with Crippen LogP contribution in [0.4, 0.5) is 4.39 Å². The van der Waals surface area contributed by atoms with E-state index in [1.807, 2.05) is 4.90 Å². The van der Waals surface area contributed by atoms with Crippen LogP contribution in [0.5, 0.6) is 0 Å². The first kappa shape index (κ1) is 18.0. The summed E-state index contributed by atoms with van der Waals surface area (Å²) in [5.74, 6) is -0.275. The maximum atomic E-state index is 13.2. The molecule has 0 bridgehead atoms. The van der Waals surface area contributed by atoms with Crippen molar-refractivity contribution in [2.75, 3.05) is 26.2 Å². The van der Waals surface area contributed by atoms with E-state index in [1.165, 1.54) is 12.1 Å². The lowest BCUT2D eigenvalue weighted by atomic mass is 9.94. The summed E-state index contributed by atoms with van der Waals surface area (Å²) in [6, 6.07) is 13.1. The first-order valence-electron chi connectivity index (χ1n) is 9.10. The number of rotatable bonds is 3. The molecule has 0 radical (unpaired) electrons. The molecule has 0 spiro atoms. The Morgan fingerprint density at radius 1 is 0.926 bits per heavy atom. The third kappa shape index (κ3) is 3.44. The normalized spacial score (nSPS) is 18.3. The molecule has 0 N–H and O–H groups in total. The van der Waals surface area contributed by atoms with Crippen molar-refractivity contribution in [2.24, 2.45) is 0 Å². The Bertz CT molecular complexity index is 872. The molecule has 1 saturated carbocycles. The van der Waals surface area contributed by atoms with Gasteiger partial charge in [-0.15, -0.1) is 0 Å². The minimum atomic E-state index is -0.507. The molecule has 2 aromatic rings. The zero-order valence-electron chi connectivity index (χ0n) is 14.8. The van der Waals surface area contributed by atoms with Crippen LogP contribution in [0.1, 0.15) is 28.8 Å². The smallest absolute Gasteiger partial charge is 0.254 e. The van der Waals surface area contributed by atoms with Crippen molar-refractivity contribution in [3.63, 3.8) is 0 Å². The molecule has 0 atom stereocenters. The molecule has 1 aliphatic heterocycles. The minimum absolute atomic E-state index is 0.0655. The molecule has 1 aliphatic carbocycles. The van der Waals surface area contributed by atoms with Crippen LogP contribution in [0.15, 0.2) is 48.5 Å². The van der Waals surface area contributed by atoms with Crippen molar-refractivity contribution < 1.29 is 14.0 Å². The highest BCUT2D eigenvalue weighted by Gasteiger charge is 2.53. The Labute approximate surface area is 162 Å². The van der Waals surface area contributed by atoms with E-state index in [2.05, 4.69) is 0 Å². The SMILES string of the molecule is O=C(c1cccc(Cl)c1)N1CCN(C(=O)C2(c3ccc(F)cc3)CC2)CC1. The lowest BCUT2D eigenvalue weighted by molar-refractivity contribution is -0.135. The van der Waals surface area contributed by atoms with Crippen LogP contribution in [0.25, 0.3) is 0 Å². The summed E-state index contributed by atoms with van der Waals surface area (Å²) >= 11 is 5.97. The Hall–Kier alpha value is -2.40. The largest absolute Gasteiger partial charge is 0.338 e. The third-order valence-corrected chi connectivity index (χ3v) is 5.72. The molecule has 0 aromatic heterocycles. The van der Waals surface area contributed by atoms with E-state index in [4.69, 9.17) is 11.6 Å². The van der Waals surface area contributed by atoms with E-state index in [0.29, 0.717) is 36.8 Å². The second kappa shape index (κ2) is 6.97. The van der Waals surface area contributed by atoms with E-state index in [1.54, 1.807) is 41.3 Å².